The molecule has 1 unspecified atom stereocenters. The van der Waals surface area contributed by atoms with Gasteiger partial charge in [0.15, 0.2) is 5.96 Å². The van der Waals surface area contributed by atoms with Gasteiger partial charge in [0.2, 0.25) is 0 Å². The van der Waals surface area contributed by atoms with Gasteiger partial charge >= 0.3 is 6.09 Å². The molecule has 1 aromatic rings. The summed E-state index contributed by atoms with van der Waals surface area (Å²) < 4.78 is 5.41. The number of aliphatic imine (C=N–C) groups is 1. The summed E-state index contributed by atoms with van der Waals surface area (Å²) in [4.78, 5) is 30.8. The summed E-state index contributed by atoms with van der Waals surface area (Å²) in [6.07, 6.45) is 0.361. The number of benzene rings is 1. The van der Waals surface area contributed by atoms with E-state index in [1.807, 2.05) is 52.9 Å². The number of guanidine groups is 1. The van der Waals surface area contributed by atoms with Crippen molar-refractivity contribution in [2.45, 2.75) is 66.2 Å². The Labute approximate surface area is 193 Å². The zero-order chi connectivity index (χ0) is 24.3. The van der Waals surface area contributed by atoms with E-state index < -0.39 is 11.7 Å². The molecule has 0 aliphatic carbocycles. The number of nitrogens with one attached hydrogen (secondary N) is 3. The van der Waals surface area contributed by atoms with Gasteiger partial charge in [-0.2, -0.15) is 0 Å². The van der Waals surface area contributed by atoms with Crippen molar-refractivity contribution in [1.29, 1.82) is 0 Å². The minimum atomic E-state index is -0.525. The van der Waals surface area contributed by atoms with Gasteiger partial charge in [-0.3, -0.25) is 4.79 Å². The van der Waals surface area contributed by atoms with Crippen molar-refractivity contribution in [3.8, 4) is 0 Å². The van der Waals surface area contributed by atoms with Crippen molar-refractivity contribution < 1.29 is 14.3 Å². The predicted molar refractivity (Wildman–Crippen MR) is 130 cm³/mol. The number of nitrogens with zero attached hydrogens (tertiary/aromatic N) is 2. The molecule has 0 heterocycles. The number of amides is 2. The highest BCUT2D eigenvalue weighted by Gasteiger charge is 2.22. The molecule has 0 aliphatic heterocycles. The van der Waals surface area contributed by atoms with Crippen molar-refractivity contribution in [3.63, 3.8) is 0 Å². The van der Waals surface area contributed by atoms with Crippen molar-refractivity contribution in [1.82, 2.24) is 20.9 Å². The van der Waals surface area contributed by atoms with Gasteiger partial charge in [-0.15, -0.1) is 0 Å². The van der Waals surface area contributed by atoms with E-state index in [0.29, 0.717) is 18.7 Å². The Bertz CT molecular complexity index is 771. The molecule has 2 amide bonds. The van der Waals surface area contributed by atoms with Crippen LogP contribution in [0, 0.1) is 5.92 Å². The van der Waals surface area contributed by atoms with Crippen LogP contribution in [-0.4, -0.2) is 61.7 Å². The monoisotopic (exact) mass is 447 g/mol. The molecule has 0 spiro atoms. The summed E-state index contributed by atoms with van der Waals surface area (Å²) in [7, 11) is 3.60. The van der Waals surface area contributed by atoms with Crippen LogP contribution >= 0.6 is 0 Å². The molecule has 1 rings (SSSR count). The first-order valence-electron chi connectivity index (χ1n) is 11.3. The lowest BCUT2D eigenvalue weighted by Gasteiger charge is -2.28. The molecular weight excluding hydrogens is 406 g/mol. The van der Waals surface area contributed by atoms with E-state index in [4.69, 9.17) is 9.73 Å². The van der Waals surface area contributed by atoms with Crippen LogP contribution < -0.4 is 16.0 Å². The van der Waals surface area contributed by atoms with Crippen LogP contribution in [0.15, 0.2) is 29.3 Å². The summed E-state index contributed by atoms with van der Waals surface area (Å²) in [5, 5.41) is 8.94. The highest BCUT2D eigenvalue weighted by Crippen LogP contribution is 2.12. The molecule has 3 N–H and O–H groups in total. The maximum atomic E-state index is 12.2. The molecule has 8 heteroatoms. The number of carbonyl (C=O) groups is 2. The molecule has 0 bridgehead atoms. The Hall–Kier alpha value is -2.77. The van der Waals surface area contributed by atoms with Crippen molar-refractivity contribution >= 4 is 18.0 Å². The third-order valence-electron chi connectivity index (χ3n) is 4.81. The lowest BCUT2D eigenvalue weighted by atomic mass is 10.0. The van der Waals surface area contributed by atoms with Gasteiger partial charge in [0.05, 0.1) is 6.54 Å². The highest BCUT2D eigenvalue weighted by atomic mass is 16.6. The second-order valence-corrected chi connectivity index (χ2v) is 9.16. The SMILES string of the molecule is CCNC(=NCc1cccc(C(=O)NC)c1)N(C)CCC(NC(=O)OC(C)(C)C)C(C)C. The van der Waals surface area contributed by atoms with Crippen LogP contribution in [-0.2, 0) is 11.3 Å². The number of rotatable bonds is 9. The Kier molecular flexibility index (Phi) is 11.0. The average Bonchev–Trinajstić information content (AvgIpc) is 2.71. The quantitative estimate of drug-likeness (QED) is 0.398. The van der Waals surface area contributed by atoms with E-state index in [0.717, 1.165) is 24.5 Å². The molecule has 180 valence electrons. The summed E-state index contributed by atoms with van der Waals surface area (Å²) in [5.41, 5.74) is 1.05. The van der Waals surface area contributed by atoms with E-state index in [2.05, 4.69) is 34.7 Å². The van der Waals surface area contributed by atoms with E-state index in [1.54, 1.807) is 13.1 Å². The van der Waals surface area contributed by atoms with Crippen LogP contribution in [0.25, 0.3) is 0 Å². The number of ether oxygens (including phenoxy) is 1. The maximum Gasteiger partial charge on any atom is 0.407 e. The molecule has 0 aliphatic rings. The molecular formula is C24H41N5O3. The average molecular weight is 448 g/mol. The van der Waals surface area contributed by atoms with Crippen LogP contribution in [0.4, 0.5) is 4.79 Å². The zero-order valence-corrected chi connectivity index (χ0v) is 20.9. The lowest BCUT2D eigenvalue weighted by Crippen LogP contribution is -2.45. The van der Waals surface area contributed by atoms with Crippen LogP contribution in [0.1, 0.15) is 63.9 Å². The number of hydrogen-bond donors (Lipinski definition) is 3. The molecule has 0 fully saturated rings. The Morgan fingerprint density at radius 3 is 2.47 bits per heavy atom. The minimum Gasteiger partial charge on any atom is -0.444 e. The molecule has 0 saturated carbocycles. The fraction of sp³-hybridized carbons (Fsp3) is 0.625. The second kappa shape index (κ2) is 12.9. The fourth-order valence-electron chi connectivity index (χ4n) is 3.06. The van der Waals surface area contributed by atoms with Crippen molar-refractivity contribution in [3.05, 3.63) is 35.4 Å². The highest BCUT2D eigenvalue weighted by molar-refractivity contribution is 5.94. The maximum absolute atomic E-state index is 12.2. The molecule has 1 atom stereocenters. The molecule has 32 heavy (non-hydrogen) atoms. The first-order valence-corrected chi connectivity index (χ1v) is 11.3. The van der Waals surface area contributed by atoms with Gasteiger partial charge in [-0.1, -0.05) is 26.0 Å². The molecule has 1 aromatic carbocycles. The first kappa shape index (κ1) is 27.3. The second-order valence-electron chi connectivity index (χ2n) is 9.16. The predicted octanol–water partition coefficient (Wildman–Crippen LogP) is 3.38. The zero-order valence-electron chi connectivity index (χ0n) is 20.9. The Balaban J connectivity index is 2.79. The molecule has 0 aromatic heterocycles. The van der Waals surface area contributed by atoms with Gasteiger partial charge in [0.1, 0.15) is 5.60 Å². The van der Waals surface area contributed by atoms with Crippen LogP contribution in [0.3, 0.4) is 0 Å². The van der Waals surface area contributed by atoms with Crippen LogP contribution in [0.2, 0.25) is 0 Å². The summed E-state index contributed by atoms with van der Waals surface area (Å²) in [6, 6.07) is 7.44. The largest absolute Gasteiger partial charge is 0.444 e. The van der Waals surface area contributed by atoms with Gasteiger partial charge in [-0.05, 0) is 57.7 Å². The first-order chi connectivity index (χ1) is 15.0. The van der Waals surface area contributed by atoms with Gasteiger partial charge in [0, 0.05) is 38.8 Å². The Morgan fingerprint density at radius 1 is 1.22 bits per heavy atom. The standard InChI is InChI=1S/C24H41N5O3/c1-9-26-22(27-16-18-11-10-12-19(15-18)21(30)25-7)29(8)14-13-20(17(2)3)28-23(31)32-24(4,5)6/h10-12,15,17,20H,9,13-14,16H2,1-8H3,(H,25,30)(H,26,27)(H,28,31). The smallest absolute Gasteiger partial charge is 0.407 e. The molecule has 0 radical (unpaired) electrons. The fourth-order valence-corrected chi connectivity index (χ4v) is 3.06. The normalized spacial score (nSPS) is 12.8. The summed E-state index contributed by atoms with van der Waals surface area (Å²) in [6.45, 7) is 13.7. The minimum absolute atomic E-state index is 0.0144. The van der Waals surface area contributed by atoms with Crippen molar-refractivity contribution in [2.75, 3.05) is 27.2 Å². The number of hydrogen-bond acceptors (Lipinski definition) is 4. The summed E-state index contributed by atoms with van der Waals surface area (Å²) in [5.74, 6) is 0.928. The third-order valence-corrected chi connectivity index (χ3v) is 4.81. The van der Waals surface area contributed by atoms with E-state index >= 15 is 0 Å². The number of alkyl carbamates (subject to hydrolysis) is 1. The van der Waals surface area contributed by atoms with Gasteiger partial charge in [-0.25, -0.2) is 9.79 Å². The topological polar surface area (TPSA) is 95.1 Å². The van der Waals surface area contributed by atoms with Crippen LogP contribution in [0.5, 0.6) is 0 Å². The third kappa shape index (κ3) is 10.0. The number of carbonyl (C=O) groups excluding carboxylic acids is 2. The van der Waals surface area contributed by atoms with E-state index in [1.165, 1.54) is 0 Å². The molecule has 0 saturated heterocycles. The van der Waals surface area contributed by atoms with Crippen molar-refractivity contribution in [2.24, 2.45) is 10.9 Å². The summed E-state index contributed by atoms with van der Waals surface area (Å²) >= 11 is 0. The van der Waals surface area contributed by atoms with Gasteiger partial charge in [0.25, 0.3) is 5.91 Å². The van der Waals surface area contributed by atoms with E-state index in [9.17, 15) is 9.59 Å². The van der Waals surface area contributed by atoms with Gasteiger partial charge < -0.3 is 25.6 Å². The molecule has 8 nitrogen and oxygen atoms in total. The Morgan fingerprint density at radius 2 is 1.91 bits per heavy atom. The lowest BCUT2D eigenvalue weighted by molar-refractivity contribution is 0.0485. The van der Waals surface area contributed by atoms with E-state index in [-0.39, 0.29) is 17.9 Å².